The number of carbonyl (C=O) groups is 2. The Morgan fingerprint density at radius 1 is 1.06 bits per heavy atom. The molecule has 0 aliphatic heterocycles. The van der Waals surface area contributed by atoms with E-state index < -0.39 is 11.9 Å². The zero-order valence-corrected chi connectivity index (χ0v) is 10.6. The van der Waals surface area contributed by atoms with Gasteiger partial charge in [-0.3, -0.25) is 0 Å². The van der Waals surface area contributed by atoms with Gasteiger partial charge in [0.05, 0.1) is 19.8 Å². The van der Waals surface area contributed by atoms with Crippen molar-refractivity contribution in [2.24, 2.45) is 0 Å². The maximum absolute atomic E-state index is 10.5. The summed E-state index contributed by atoms with van der Waals surface area (Å²) in [4.78, 5) is 19.8. The molecule has 0 aromatic rings. The Morgan fingerprint density at radius 3 is 2.00 bits per heavy atom. The summed E-state index contributed by atoms with van der Waals surface area (Å²) >= 11 is 0. The van der Waals surface area contributed by atoms with Crippen LogP contribution in [0.2, 0.25) is 0 Å². The van der Waals surface area contributed by atoms with Gasteiger partial charge >= 0.3 is 11.9 Å². The number of hydrogen-bond acceptors (Lipinski definition) is 5. The van der Waals surface area contributed by atoms with E-state index in [1.54, 1.807) is 0 Å². The second kappa shape index (κ2) is 15.3. The summed E-state index contributed by atoms with van der Waals surface area (Å²) < 4.78 is 14.8. The predicted molar refractivity (Wildman–Crippen MR) is 66.3 cm³/mol. The van der Waals surface area contributed by atoms with Crippen LogP contribution in [0.4, 0.5) is 0 Å². The van der Waals surface area contributed by atoms with Crippen molar-refractivity contribution in [3.8, 4) is 0 Å². The first-order valence-electron chi connectivity index (χ1n) is 5.38. The predicted octanol–water partition coefficient (Wildman–Crippen LogP) is 1.03. The average molecular weight is 260 g/mol. The second-order valence-electron chi connectivity index (χ2n) is 2.72. The first kappa shape index (κ1) is 18.7. The largest absolute Gasteiger partial charge is 0.478 e. The molecule has 0 bridgehead atoms. The molecule has 0 unspecified atom stereocenters. The van der Waals surface area contributed by atoms with Crippen molar-refractivity contribution < 1.29 is 28.9 Å². The summed E-state index contributed by atoms with van der Waals surface area (Å²) in [6.07, 6.45) is 1.96. The van der Waals surface area contributed by atoms with Crippen LogP contribution in [0.15, 0.2) is 25.3 Å². The van der Waals surface area contributed by atoms with E-state index in [0.717, 1.165) is 12.2 Å². The quantitative estimate of drug-likeness (QED) is 0.379. The molecule has 104 valence electrons. The summed E-state index contributed by atoms with van der Waals surface area (Å²) in [6.45, 7) is 10.6. The van der Waals surface area contributed by atoms with Crippen LogP contribution in [-0.4, -0.2) is 50.1 Å². The molecule has 0 saturated carbocycles. The number of ether oxygens (including phenoxy) is 3. The molecule has 0 fully saturated rings. The number of rotatable bonds is 9. The second-order valence-corrected chi connectivity index (χ2v) is 2.72. The van der Waals surface area contributed by atoms with Crippen molar-refractivity contribution in [3.05, 3.63) is 25.3 Å². The van der Waals surface area contributed by atoms with E-state index in [9.17, 15) is 9.59 Å². The molecule has 0 saturated heterocycles. The van der Waals surface area contributed by atoms with Crippen LogP contribution in [0, 0.1) is 0 Å². The van der Waals surface area contributed by atoms with Crippen LogP contribution < -0.4 is 0 Å². The third kappa shape index (κ3) is 19.8. The van der Waals surface area contributed by atoms with Gasteiger partial charge in [0.1, 0.15) is 6.61 Å². The van der Waals surface area contributed by atoms with Gasteiger partial charge in [-0.25, -0.2) is 9.59 Å². The van der Waals surface area contributed by atoms with E-state index in [0.29, 0.717) is 26.4 Å². The molecule has 0 atom stereocenters. The van der Waals surface area contributed by atoms with E-state index >= 15 is 0 Å². The molecule has 0 amide bonds. The molecule has 0 aliphatic carbocycles. The Balaban J connectivity index is 0. The fourth-order valence-corrected chi connectivity index (χ4v) is 0.624. The van der Waals surface area contributed by atoms with Crippen molar-refractivity contribution in [1.29, 1.82) is 0 Å². The van der Waals surface area contributed by atoms with Crippen molar-refractivity contribution in [2.75, 3.05) is 33.0 Å². The van der Waals surface area contributed by atoms with Crippen molar-refractivity contribution in [3.63, 3.8) is 0 Å². The number of carbonyl (C=O) groups excluding carboxylic acids is 1. The maximum Gasteiger partial charge on any atom is 0.330 e. The molecule has 0 rings (SSSR count). The van der Waals surface area contributed by atoms with Gasteiger partial charge in [-0.05, 0) is 6.92 Å². The normalized spacial score (nSPS) is 8.72. The first-order chi connectivity index (χ1) is 8.58. The van der Waals surface area contributed by atoms with Crippen molar-refractivity contribution in [1.82, 2.24) is 0 Å². The highest BCUT2D eigenvalue weighted by Crippen LogP contribution is 1.82. The van der Waals surface area contributed by atoms with Crippen molar-refractivity contribution in [2.45, 2.75) is 6.92 Å². The van der Waals surface area contributed by atoms with Gasteiger partial charge in [0.25, 0.3) is 0 Å². The Bertz CT molecular complexity index is 249. The highest BCUT2D eigenvalue weighted by molar-refractivity contribution is 5.81. The van der Waals surface area contributed by atoms with Crippen LogP contribution >= 0.6 is 0 Å². The fourth-order valence-electron chi connectivity index (χ4n) is 0.624. The fraction of sp³-hybridized carbons (Fsp3) is 0.500. The van der Waals surface area contributed by atoms with Crippen LogP contribution in [0.3, 0.4) is 0 Å². The average Bonchev–Trinajstić information content (AvgIpc) is 2.38. The van der Waals surface area contributed by atoms with Gasteiger partial charge in [-0.2, -0.15) is 0 Å². The zero-order valence-electron chi connectivity index (χ0n) is 10.6. The summed E-state index contributed by atoms with van der Waals surface area (Å²) in [6, 6.07) is 0. The molecular weight excluding hydrogens is 240 g/mol. The Labute approximate surface area is 107 Å². The summed E-state index contributed by atoms with van der Waals surface area (Å²) in [5.41, 5.74) is 0. The molecule has 0 aromatic heterocycles. The Hall–Kier alpha value is -1.66. The summed E-state index contributed by atoms with van der Waals surface area (Å²) in [5.74, 6) is -1.40. The van der Waals surface area contributed by atoms with Gasteiger partial charge in [0.15, 0.2) is 0 Å². The third-order valence-electron chi connectivity index (χ3n) is 1.39. The topological polar surface area (TPSA) is 82.1 Å². The van der Waals surface area contributed by atoms with Gasteiger partial charge in [-0.1, -0.05) is 13.2 Å². The van der Waals surface area contributed by atoms with Crippen LogP contribution in [0.25, 0.3) is 0 Å². The lowest BCUT2D eigenvalue weighted by Gasteiger charge is -2.04. The van der Waals surface area contributed by atoms with Crippen LogP contribution in [-0.2, 0) is 23.8 Å². The minimum atomic E-state index is -0.981. The first-order valence-corrected chi connectivity index (χ1v) is 5.38. The lowest BCUT2D eigenvalue weighted by atomic mass is 10.6. The molecule has 1 N–H and O–H groups in total. The van der Waals surface area contributed by atoms with Gasteiger partial charge in [0, 0.05) is 18.8 Å². The smallest absolute Gasteiger partial charge is 0.330 e. The van der Waals surface area contributed by atoms with E-state index in [1.807, 2.05) is 6.92 Å². The minimum Gasteiger partial charge on any atom is -0.478 e. The highest BCUT2D eigenvalue weighted by atomic mass is 16.6. The zero-order chi connectivity index (χ0) is 14.2. The number of esters is 1. The maximum atomic E-state index is 10.5. The number of carboxylic acid groups (broad SMARTS) is 1. The minimum absolute atomic E-state index is 0.261. The SMILES string of the molecule is C=CC(=O)O.C=CC(=O)OCCOCCOCC. The Morgan fingerprint density at radius 2 is 1.56 bits per heavy atom. The molecule has 6 heteroatoms. The van der Waals surface area contributed by atoms with Crippen LogP contribution in [0.5, 0.6) is 0 Å². The lowest BCUT2D eigenvalue weighted by molar-refractivity contribution is -0.139. The van der Waals surface area contributed by atoms with Crippen molar-refractivity contribution >= 4 is 11.9 Å². The van der Waals surface area contributed by atoms with Gasteiger partial charge in [-0.15, -0.1) is 0 Å². The third-order valence-corrected chi connectivity index (χ3v) is 1.39. The lowest BCUT2D eigenvalue weighted by Crippen LogP contribution is -2.11. The van der Waals surface area contributed by atoms with Gasteiger partial charge in [0.2, 0.25) is 0 Å². The molecule has 6 nitrogen and oxygen atoms in total. The molecule has 0 heterocycles. The van der Waals surface area contributed by atoms with Crippen LogP contribution in [0.1, 0.15) is 6.92 Å². The highest BCUT2D eigenvalue weighted by Gasteiger charge is 1.94. The molecule has 0 spiro atoms. The monoisotopic (exact) mass is 260 g/mol. The van der Waals surface area contributed by atoms with E-state index in [2.05, 4.69) is 17.9 Å². The molecular formula is C12H20O6. The molecule has 0 aliphatic rings. The number of aliphatic carboxylic acids is 1. The van der Waals surface area contributed by atoms with Gasteiger partial charge < -0.3 is 19.3 Å². The standard InChI is InChI=1S/C9H16O4.C3H4O2/c1-3-9(10)13-8-7-12-6-5-11-4-2;1-2-3(4)5/h3H,1,4-8H2,2H3;2H,1H2,(H,4,5). The summed E-state index contributed by atoms with van der Waals surface area (Å²) in [7, 11) is 0. The molecule has 0 aromatic carbocycles. The summed E-state index contributed by atoms with van der Waals surface area (Å²) in [5, 5.41) is 7.60. The van der Waals surface area contributed by atoms with E-state index in [1.165, 1.54) is 0 Å². The number of hydrogen-bond donors (Lipinski definition) is 1. The van der Waals surface area contributed by atoms with E-state index in [4.69, 9.17) is 14.6 Å². The Kier molecular flexibility index (Phi) is 15.9. The number of carboxylic acids is 1. The molecule has 0 radical (unpaired) electrons. The van der Waals surface area contributed by atoms with E-state index in [-0.39, 0.29) is 6.61 Å². The molecule has 18 heavy (non-hydrogen) atoms.